The van der Waals surface area contributed by atoms with E-state index in [0.29, 0.717) is 5.56 Å². The Labute approximate surface area is 89.2 Å². The van der Waals surface area contributed by atoms with Crippen LogP contribution in [0.15, 0.2) is 6.20 Å². The van der Waals surface area contributed by atoms with Gasteiger partial charge in [0.1, 0.15) is 0 Å². The van der Waals surface area contributed by atoms with Gasteiger partial charge in [-0.05, 0) is 25.4 Å². The monoisotopic (exact) mass is 240 g/mol. The van der Waals surface area contributed by atoms with Gasteiger partial charge >= 0.3 is 6.18 Å². The van der Waals surface area contributed by atoms with E-state index in [4.69, 9.17) is 11.6 Å². The van der Waals surface area contributed by atoms with Crippen molar-refractivity contribution in [2.75, 3.05) is 0 Å². The fourth-order valence-electron chi connectivity index (χ4n) is 0.760. The van der Waals surface area contributed by atoms with Crippen LogP contribution >= 0.6 is 11.6 Å². The minimum Gasteiger partial charge on any atom is -0.465 e. The van der Waals surface area contributed by atoms with Gasteiger partial charge < -0.3 is 4.74 Å². The molecule has 0 N–H and O–H groups in total. The van der Waals surface area contributed by atoms with Crippen molar-refractivity contribution in [2.24, 2.45) is 0 Å². The number of alkyl halides is 3. The molecule has 0 aromatic carbocycles. The Kier molecular flexibility index (Phi) is 3.38. The molecule has 1 rings (SSSR count). The van der Waals surface area contributed by atoms with Gasteiger partial charge in [-0.15, -0.1) is 0 Å². The zero-order valence-electron chi connectivity index (χ0n) is 7.97. The summed E-state index contributed by atoms with van der Waals surface area (Å²) in [7, 11) is 0. The number of halogens is 4. The molecule has 0 aliphatic rings. The molecule has 0 spiro atoms. The maximum atomic E-state index is 12.2. The molecule has 0 radical (unpaired) electrons. The highest BCUT2D eigenvalue weighted by Crippen LogP contribution is 2.25. The van der Waals surface area contributed by atoms with Crippen LogP contribution in [0, 0.1) is 6.92 Å². The van der Waals surface area contributed by atoms with E-state index < -0.39 is 12.3 Å². The van der Waals surface area contributed by atoms with Gasteiger partial charge in [0.2, 0.25) is 11.2 Å². The first-order chi connectivity index (χ1) is 6.80. The lowest BCUT2D eigenvalue weighted by atomic mass is 10.3. The first kappa shape index (κ1) is 12.0. The largest absolute Gasteiger partial charge is 0.465 e. The Bertz CT molecular complexity index is 356. The molecule has 84 valence electrons. The normalized spacial score (nSPS) is 13.7. The molecule has 1 unspecified atom stereocenters. The molecule has 3 nitrogen and oxygen atoms in total. The van der Waals surface area contributed by atoms with E-state index in [1.165, 1.54) is 13.1 Å². The lowest BCUT2D eigenvalue weighted by Crippen LogP contribution is -2.31. The molecule has 1 aromatic heterocycles. The van der Waals surface area contributed by atoms with Crippen molar-refractivity contribution in [1.29, 1.82) is 0 Å². The zero-order chi connectivity index (χ0) is 11.6. The third-order valence-corrected chi connectivity index (χ3v) is 1.83. The number of nitrogens with zero attached hydrogens (tertiary/aromatic N) is 2. The van der Waals surface area contributed by atoms with Crippen LogP contribution in [0.5, 0.6) is 5.88 Å². The Morgan fingerprint density at radius 3 is 2.60 bits per heavy atom. The summed E-state index contributed by atoms with van der Waals surface area (Å²) in [6.07, 6.45) is -5.06. The topological polar surface area (TPSA) is 35.0 Å². The summed E-state index contributed by atoms with van der Waals surface area (Å²) in [5, 5.41) is -0.148. The van der Waals surface area contributed by atoms with E-state index in [1.807, 2.05) is 0 Å². The average Bonchev–Trinajstić information content (AvgIpc) is 2.09. The Balaban J connectivity index is 2.85. The molecule has 0 bridgehead atoms. The van der Waals surface area contributed by atoms with Gasteiger partial charge in [-0.3, -0.25) is 0 Å². The standard InChI is InChI=1S/C8H8ClF3N2O/c1-4-3-13-7(9)14-6(4)15-5(2)8(10,11)12/h3,5H,1-2H3. The van der Waals surface area contributed by atoms with Crippen LogP contribution in [0.1, 0.15) is 12.5 Å². The highest BCUT2D eigenvalue weighted by Gasteiger charge is 2.38. The highest BCUT2D eigenvalue weighted by atomic mass is 35.5. The van der Waals surface area contributed by atoms with Gasteiger partial charge in [0.25, 0.3) is 0 Å². The lowest BCUT2D eigenvalue weighted by molar-refractivity contribution is -0.190. The Morgan fingerprint density at radius 2 is 2.07 bits per heavy atom. The van der Waals surface area contributed by atoms with Crippen LogP contribution in [0.4, 0.5) is 13.2 Å². The van der Waals surface area contributed by atoms with Gasteiger partial charge in [-0.1, -0.05) is 0 Å². The maximum Gasteiger partial charge on any atom is 0.425 e. The van der Waals surface area contributed by atoms with Crippen LogP contribution in [0.2, 0.25) is 5.28 Å². The highest BCUT2D eigenvalue weighted by molar-refractivity contribution is 6.28. The van der Waals surface area contributed by atoms with Gasteiger partial charge in [0.05, 0.1) is 0 Å². The summed E-state index contributed by atoms with van der Waals surface area (Å²) in [4.78, 5) is 7.16. The molecule has 0 aliphatic carbocycles. The van der Waals surface area contributed by atoms with E-state index in [1.54, 1.807) is 0 Å². The van der Waals surface area contributed by atoms with Crippen molar-refractivity contribution in [3.63, 3.8) is 0 Å². The minimum atomic E-state index is -4.43. The molecule has 0 saturated carbocycles. The second-order valence-electron chi connectivity index (χ2n) is 2.93. The molecule has 15 heavy (non-hydrogen) atoms. The summed E-state index contributed by atoms with van der Waals surface area (Å²) >= 11 is 5.43. The zero-order valence-corrected chi connectivity index (χ0v) is 8.73. The van der Waals surface area contributed by atoms with Crippen molar-refractivity contribution in [1.82, 2.24) is 9.97 Å². The Morgan fingerprint density at radius 1 is 1.47 bits per heavy atom. The quantitative estimate of drug-likeness (QED) is 0.746. The lowest BCUT2D eigenvalue weighted by Gasteiger charge is -2.17. The fraction of sp³-hybridized carbons (Fsp3) is 0.500. The predicted octanol–water partition coefficient (Wildman–Crippen LogP) is 2.77. The first-order valence-electron chi connectivity index (χ1n) is 4.03. The van der Waals surface area contributed by atoms with E-state index in [-0.39, 0.29) is 11.2 Å². The van der Waals surface area contributed by atoms with Crippen LogP contribution in [0.25, 0.3) is 0 Å². The molecule has 0 aliphatic heterocycles. The second kappa shape index (κ2) is 4.22. The van der Waals surface area contributed by atoms with Crippen LogP contribution in [-0.4, -0.2) is 22.2 Å². The van der Waals surface area contributed by atoms with Crippen molar-refractivity contribution in [3.8, 4) is 5.88 Å². The summed E-state index contributed by atoms with van der Waals surface area (Å²) < 4.78 is 41.1. The van der Waals surface area contributed by atoms with Crippen molar-refractivity contribution < 1.29 is 17.9 Å². The van der Waals surface area contributed by atoms with Gasteiger partial charge in [-0.2, -0.15) is 18.2 Å². The minimum absolute atomic E-state index is 0.148. The van der Waals surface area contributed by atoms with E-state index >= 15 is 0 Å². The van der Waals surface area contributed by atoms with Crippen molar-refractivity contribution in [2.45, 2.75) is 26.1 Å². The molecule has 7 heteroatoms. The SMILES string of the molecule is Cc1cnc(Cl)nc1OC(C)C(F)(F)F. The predicted molar refractivity (Wildman–Crippen MR) is 47.9 cm³/mol. The van der Waals surface area contributed by atoms with Gasteiger partial charge in [-0.25, -0.2) is 4.98 Å². The summed E-state index contributed by atoms with van der Waals surface area (Å²) in [6.45, 7) is 2.43. The number of hydrogen-bond acceptors (Lipinski definition) is 3. The van der Waals surface area contributed by atoms with E-state index in [0.717, 1.165) is 6.92 Å². The number of rotatable bonds is 2. The third-order valence-electron chi connectivity index (χ3n) is 1.65. The maximum absolute atomic E-state index is 12.2. The van der Waals surface area contributed by atoms with Crippen LogP contribution in [-0.2, 0) is 0 Å². The van der Waals surface area contributed by atoms with Gasteiger partial charge in [0.15, 0.2) is 6.10 Å². The van der Waals surface area contributed by atoms with E-state index in [2.05, 4.69) is 14.7 Å². The number of aryl methyl sites for hydroxylation is 1. The van der Waals surface area contributed by atoms with Crippen molar-refractivity contribution in [3.05, 3.63) is 17.0 Å². The molecule has 0 saturated heterocycles. The van der Waals surface area contributed by atoms with Crippen molar-refractivity contribution >= 4 is 11.6 Å². The third kappa shape index (κ3) is 3.23. The van der Waals surface area contributed by atoms with Crippen LogP contribution in [0.3, 0.4) is 0 Å². The molecule has 1 atom stereocenters. The molecular weight excluding hydrogens is 233 g/mol. The molecular formula is C8H8ClF3N2O. The molecule has 0 fully saturated rings. The van der Waals surface area contributed by atoms with E-state index in [9.17, 15) is 13.2 Å². The summed E-state index contributed by atoms with van der Waals surface area (Å²) in [5.41, 5.74) is 0.399. The smallest absolute Gasteiger partial charge is 0.425 e. The first-order valence-corrected chi connectivity index (χ1v) is 4.41. The fourth-order valence-corrected chi connectivity index (χ4v) is 0.885. The number of aromatic nitrogens is 2. The Hall–Kier alpha value is -1.04. The number of hydrogen-bond donors (Lipinski definition) is 0. The molecule has 1 heterocycles. The summed E-state index contributed by atoms with van der Waals surface area (Å²) in [5.74, 6) is -0.153. The molecule has 1 aromatic rings. The van der Waals surface area contributed by atoms with Crippen LogP contribution < -0.4 is 4.74 Å². The average molecular weight is 241 g/mol. The second-order valence-corrected chi connectivity index (χ2v) is 3.27. The van der Waals surface area contributed by atoms with Gasteiger partial charge in [0, 0.05) is 11.8 Å². The summed E-state index contributed by atoms with van der Waals surface area (Å²) in [6, 6.07) is 0. The number of ether oxygens (including phenoxy) is 1. The molecule has 0 amide bonds.